The number of amides is 2. The van der Waals surface area contributed by atoms with Gasteiger partial charge in [-0.05, 0) is 66.6 Å². The molecule has 31 heavy (non-hydrogen) atoms. The Balaban J connectivity index is 1.48. The highest BCUT2D eigenvalue weighted by Crippen LogP contribution is 2.32. The SMILES string of the molecule is CC(=O)Nc1ccc(NC(=O)c2ccc(S(=O)(=O)N3CCc4ccccc43)cc2)cc1. The number of fused-ring (bicyclic) bond motifs is 1. The van der Waals surface area contributed by atoms with E-state index in [0.29, 0.717) is 35.6 Å². The number of hydrogen-bond acceptors (Lipinski definition) is 4. The second-order valence-electron chi connectivity index (χ2n) is 7.19. The first-order valence-corrected chi connectivity index (χ1v) is 11.2. The van der Waals surface area contributed by atoms with Gasteiger partial charge in [-0.2, -0.15) is 0 Å². The van der Waals surface area contributed by atoms with E-state index in [0.717, 1.165) is 5.56 Å². The van der Waals surface area contributed by atoms with Crippen LogP contribution in [0.4, 0.5) is 17.1 Å². The van der Waals surface area contributed by atoms with E-state index in [1.807, 2.05) is 18.2 Å². The van der Waals surface area contributed by atoms with Crippen LogP contribution >= 0.6 is 0 Å². The molecular weight excluding hydrogens is 414 g/mol. The molecule has 0 aromatic heterocycles. The van der Waals surface area contributed by atoms with Gasteiger partial charge in [-0.1, -0.05) is 18.2 Å². The Bertz CT molecular complexity index is 1240. The monoisotopic (exact) mass is 435 g/mol. The quantitative estimate of drug-likeness (QED) is 0.640. The fourth-order valence-electron chi connectivity index (χ4n) is 3.51. The molecule has 0 saturated carbocycles. The van der Waals surface area contributed by atoms with Crippen molar-refractivity contribution in [2.75, 3.05) is 21.5 Å². The van der Waals surface area contributed by atoms with Crippen LogP contribution in [0.3, 0.4) is 0 Å². The maximum Gasteiger partial charge on any atom is 0.264 e. The molecule has 7 nitrogen and oxygen atoms in total. The topological polar surface area (TPSA) is 95.6 Å². The minimum Gasteiger partial charge on any atom is -0.326 e. The average Bonchev–Trinajstić information content (AvgIpc) is 3.20. The predicted octanol–water partition coefficient (Wildman–Crippen LogP) is 3.65. The van der Waals surface area contributed by atoms with E-state index in [9.17, 15) is 18.0 Å². The van der Waals surface area contributed by atoms with Gasteiger partial charge in [0.15, 0.2) is 0 Å². The van der Waals surface area contributed by atoms with Crippen molar-refractivity contribution in [2.24, 2.45) is 0 Å². The first-order valence-electron chi connectivity index (χ1n) is 9.74. The van der Waals surface area contributed by atoms with Crippen molar-refractivity contribution < 1.29 is 18.0 Å². The third-order valence-corrected chi connectivity index (χ3v) is 6.84. The molecule has 1 aliphatic heterocycles. The molecule has 0 bridgehead atoms. The summed E-state index contributed by atoms with van der Waals surface area (Å²) in [4.78, 5) is 23.7. The molecule has 8 heteroatoms. The lowest BCUT2D eigenvalue weighted by molar-refractivity contribution is -0.114. The lowest BCUT2D eigenvalue weighted by Gasteiger charge is -2.19. The molecular formula is C23H21N3O4S. The molecule has 0 fully saturated rings. The number of hydrogen-bond donors (Lipinski definition) is 2. The second-order valence-corrected chi connectivity index (χ2v) is 9.06. The summed E-state index contributed by atoms with van der Waals surface area (Å²) < 4.78 is 27.6. The van der Waals surface area contributed by atoms with Crippen LogP contribution in [-0.2, 0) is 21.2 Å². The first-order chi connectivity index (χ1) is 14.8. The predicted molar refractivity (Wildman–Crippen MR) is 120 cm³/mol. The lowest BCUT2D eigenvalue weighted by Crippen LogP contribution is -2.29. The Morgan fingerprint density at radius 3 is 2.10 bits per heavy atom. The van der Waals surface area contributed by atoms with E-state index in [2.05, 4.69) is 10.6 Å². The van der Waals surface area contributed by atoms with E-state index in [1.54, 1.807) is 30.3 Å². The zero-order valence-corrected chi connectivity index (χ0v) is 17.6. The van der Waals surface area contributed by atoms with Gasteiger partial charge >= 0.3 is 0 Å². The van der Waals surface area contributed by atoms with Crippen LogP contribution in [0.5, 0.6) is 0 Å². The van der Waals surface area contributed by atoms with E-state index in [4.69, 9.17) is 0 Å². The number of carbonyl (C=O) groups is 2. The van der Waals surface area contributed by atoms with Crippen molar-refractivity contribution in [3.8, 4) is 0 Å². The summed E-state index contributed by atoms with van der Waals surface area (Å²) in [7, 11) is -3.70. The Morgan fingerprint density at radius 2 is 1.45 bits per heavy atom. The van der Waals surface area contributed by atoms with Crippen LogP contribution in [0.15, 0.2) is 77.7 Å². The molecule has 0 aliphatic carbocycles. The van der Waals surface area contributed by atoms with Gasteiger partial charge < -0.3 is 10.6 Å². The molecule has 0 unspecified atom stereocenters. The minimum absolute atomic E-state index is 0.139. The molecule has 0 spiro atoms. The van der Waals surface area contributed by atoms with Crippen LogP contribution in [0.2, 0.25) is 0 Å². The Kier molecular flexibility index (Phi) is 5.48. The number of rotatable bonds is 5. The molecule has 4 rings (SSSR count). The maximum atomic E-state index is 13.1. The molecule has 158 valence electrons. The summed E-state index contributed by atoms with van der Waals surface area (Å²) in [5.74, 6) is -0.535. The number of para-hydroxylation sites is 1. The van der Waals surface area contributed by atoms with E-state index in [1.165, 1.54) is 35.5 Å². The van der Waals surface area contributed by atoms with E-state index < -0.39 is 10.0 Å². The largest absolute Gasteiger partial charge is 0.326 e. The highest BCUT2D eigenvalue weighted by Gasteiger charge is 2.30. The summed E-state index contributed by atoms with van der Waals surface area (Å²) in [5.41, 5.74) is 3.23. The van der Waals surface area contributed by atoms with Crippen LogP contribution in [0, 0.1) is 0 Å². The van der Waals surface area contributed by atoms with Gasteiger partial charge in [0.25, 0.3) is 15.9 Å². The molecule has 2 amide bonds. The van der Waals surface area contributed by atoms with Crippen LogP contribution in [0.25, 0.3) is 0 Å². The molecule has 3 aromatic carbocycles. The number of nitrogens with one attached hydrogen (secondary N) is 2. The van der Waals surface area contributed by atoms with Crippen molar-refractivity contribution in [3.05, 3.63) is 83.9 Å². The summed E-state index contributed by atoms with van der Waals surface area (Å²) >= 11 is 0. The van der Waals surface area contributed by atoms with Crippen molar-refractivity contribution in [2.45, 2.75) is 18.2 Å². The number of nitrogens with zero attached hydrogens (tertiary/aromatic N) is 1. The van der Waals surface area contributed by atoms with Gasteiger partial charge in [0.1, 0.15) is 0 Å². The summed E-state index contributed by atoms with van der Waals surface area (Å²) in [6, 6.07) is 20.1. The number of sulfonamides is 1. The minimum atomic E-state index is -3.70. The van der Waals surface area contributed by atoms with Crippen molar-refractivity contribution >= 4 is 38.9 Å². The normalized spacial score (nSPS) is 12.9. The fourth-order valence-corrected chi connectivity index (χ4v) is 5.01. The van der Waals surface area contributed by atoms with E-state index >= 15 is 0 Å². The van der Waals surface area contributed by atoms with Gasteiger partial charge in [0.2, 0.25) is 5.91 Å². The van der Waals surface area contributed by atoms with Crippen molar-refractivity contribution in [3.63, 3.8) is 0 Å². The Labute approximate surface area is 180 Å². The molecule has 1 heterocycles. The van der Waals surface area contributed by atoms with Gasteiger partial charge in [0, 0.05) is 30.4 Å². The lowest BCUT2D eigenvalue weighted by atomic mass is 10.2. The van der Waals surface area contributed by atoms with Gasteiger partial charge in [0.05, 0.1) is 10.6 Å². The molecule has 3 aromatic rings. The molecule has 0 radical (unpaired) electrons. The highest BCUT2D eigenvalue weighted by atomic mass is 32.2. The molecule has 2 N–H and O–H groups in total. The Hall–Kier alpha value is -3.65. The van der Waals surface area contributed by atoms with Crippen molar-refractivity contribution in [1.82, 2.24) is 0 Å². The van der Waals surface area contributed by atoms with Crippen LogP contribution in [-0.4, -0.2) is 26.8 Å². The number of anilines is 3. The fraction of sp³-hybridized carbons (Fsp3) is 0.130. The van der Waals surface area contributed by atoms with Gasteiger partial charge in [-0.3, -0.25) is 13.9 Å². The third-order valence-electron chi connectivity index (χ3n) is 5.01. The van der Waals surface area contributed by atoms with E-state index in [-0.39, 0.29) is 16.7 Å². The van der Waals surface area contributed by atoms with Crippen LogP contribution in [0.1, 0.15) is 22.8 Å². The standard InChI is InChI=1S/C23H21N3O4S/c1-16(27)24-19-8-10-20(11-9-19)25-23(28)18-6-12-21(13-7-18)31(29,30)26-15-14-17-4-2-3-5-22(17)26/h2-13H,14-15H2,1H3,(H,24,27)(H,25,28). The zero-order valence-electron chi connectivity index (χ0n) is 16.8. The summed E-state index contributed by atoms with van der Waals surface area (Å²) in [6.07, 6.45) is 0.677. The molecule has 0 saturated heterocycles. The van der Waals surface area contributed by atoms with Gasteiger partial charge in [-0.15, -0.1) is 0 Å². The first kappa shape index (κ1) is 20.6. The summed E-state index contributed by atoms with van der Waals surface area (Å²) in [6.45, 7) is 1.82. The Morgan fingerprint density at radius 1 is 0.839 bits per heavy atom. The zero-order chi connectivity index (χ0) is 22.0. The maximum absolute atomic E-state index is 13.1. The molecule has 0 atom stereocenters. The third kappa shape index (κ3) is 4.29. The van der Waals surface area contributed by atoms with Crippen LogP contribution < -0.4 is 14.9 Å². The average molecular weight is 436 g/mol. The number of carbonyl (C=O) groups excluding carboxylic acids is 2. The van der Waals surface area contributed by atoms with Crippen molar-refractivity contribution in [1.29, 1.82) is 0 Å². The number of benzene rings is 3. The summed E-state index contributed by atoms with van der Waals surface area (Å²) in [5, 5.41) is 5.41. The smallest absolute Gasteiger partial charge is 0.264 e. The molecule has 1 aliphatic rings. The van der Waals surface area contributed by atoms with Gasteiger partial charge in [-0.25, -0.2) is 8.42 Å². The highest BCUT2D eigenvalue weighted by molar-refractivity contribution is 7.92. The second kappa shape index (κ2) is 8.23.